The monoisotopic (exact) mass is 281 g/mol. The Morgan fingerprint density at radius 2 is 1.65 bits per heavy atom. The molecule has 0 aliphatic carbocycles. The van der Waals surface area contributed by atoms with Gasteiger partial charge in [0.1, 0.15) is 5.75 Å². The topological polar surface area (TPSA) is 21.3 Å². The van der Waals surface area contributed by atoms with Crippen LogP contribution >= 0.6 is 0 Å². The van der Waals surface area contributed by atoms with E-state index in [1.54, 1.807) is 24.3 Å². The van der Waals surface area contributed by atoms with E-state index in [-0.39, 0.29) is 5.75 Å². The molecule has 1 N–H and O–H groups in total. The predicted octanol–water partition coefficient (Wildman–Crippen LogP) is 3.97. The first-order valence-corrected chi connectivity index (χ1v) is 6.08. The number of rotatable bonds is 4. The number of hydrogen-bond donors (Lipinski definition) is 1. The Kier molecular flexibility index (Phi) is 4.29. The Labute approximate surface area is 115 Å². The first-order chi connectivity index (χ1) is 9.49. The number of halogens is 3. The van der Waals surface area contributed by atoms with Gasteiger partial charge in [-0.05, 0) is 24.2 Å². The van der Waals surface area contributed by atoms with Crippen LogP contribution in [0.4, 0.5) is 13.2 Å². The van der Waals surface area contributed by atoms with Crippen molar-refractivity contribution in [1.82, 2.24) is 5.32 Å². The van der Waals surface area contributed by atoms with E-state index in [4.69, 9.17) is 0 Å². The molecule has 0 radical (unpaired) electrons. The summed E-state index contributed by atoms with van der Waals surface area (Å²) in [6, 6.07) is 13.4. The molecule has 0 amide bonds. The molecule has 0 aliphatic rings. The molecular formula is C15H14F3NO. The zero-order valence-corrected chi connectivity index (χ0v) is 10.9. The molecule has 0 saturated heterocycles. The van der Waals surface area contributed by atoms with E-state index in [0.717, 1.165) is 5.56 Å². The molecule has 2 aromatic carbocycles. The minimum absolute atomic E-state index is 0.193. The molecule has 0 fully saturated rings. The lowest BCUT2D eigenvalue weighted by atomic mass is 10.0. The van der Waals surface area contributed by atoms with E-state index >= 15 is 0 Å². The van der Waals surface area contributed by atoms with Gasteiger partial charge >= 0.3 is 6.36 Å². The van der Waals surface area contributed by atoms with Gasteiger partial charge in [0, 0.05) is 12.1 Å². The number of para-hydroxylation sites is 1. The number of nitrogens with one attached hydrogen (secondary N) is 1. The zero-order valence-electron chi connectivity index (χ0n) is 10.9. The second-order valence-electron chi connectivity index (χ2n) is 4.27. The van der Waals surface area contributed by atoms with E-state index in [1.165, 1.54) is 12.1 Å². The minimum atomic E-state index is -4.69. The molecule has 2 aromatic rings. The van der Waals surface area contributed by atoms with Crippen molar-refractivity contribution >= 4 is 0 Å². The summed E-state index contributed by atoms with van der Waals surface area (Å²) < 4.78 is 41.2. The van der Waals surface area contributed by atoms with Crippen LogP contribution in [0.5, 0.6) is 5.75 Å². The molecule has 0 atom stereocenters. The van der Waals surface area contributed by atoms with Crippen LogP contribution in [-0.2, 0) is 6.54 Å². The number of benzene rings is 2. The fourth-order valence-corrected chi connectivity index (χ4v) is 1.93. The van der Waals surface area contributed by atoms with Crippen molar-refractivity contribution in [3.05, 3.63) is 54.1 Å². The Bertz CT molecular complexity index is 564. The lowest BCUT2D eigenvalue weighted by Gasteiger charge is -2.13. The third-order valence-corrected chi connectivity index (χ3v) is 2.76. The average Bonchev–Trinajstić information content (AvgIpc) is 2.39. The van der Waals surface area contributed by atoms with E-state index in [1.807, 2.05) is 19.2 Å². The second kappa shape index (κ2) is 5.96. The third kappa shape index (κ3) is 3.74. The Balaban J connectivity index is 2.32. The molecule has 0 heterocycles. The fraction of sp³-hybridized carbons (Fsp3) is 0.200. The van der Waals surface area contributed by atoms with Crippen molar-refractivity contribution in [2.24, 2.45) is 0 Å². The third-order valence-electron chi connectivity index (χ3n) is 2.76. The standard InChI is InChI=1S/C15H14F3NO/c1-19-10-11-6-8-12(9-7-11)13-4-2-3-5-14(13)20-15(16,17)18/h2-9,19H,10H2,1H3. The van der Waals surface area contributed by atoms with E-state index in [0.29, 0.717) is 17.7 Å². The molecule has 0 unspecified atom stereocenters. The zero-order chi connectivity index (χ0) is 14.6. The summed E-state index contributed by atoms with van der Waals surface area (Å²) in [6.45, 7) is 0.709. The van der Waals surface area contributed by atoms with Gasteiger partial charge in [0.25, 0.3) is 0 Å². The van der Waals surface area contributed by atoms with Gasteiger partial charge in [-0.15, -0.1) is 13.2 Å². The first-order valence-electron chi connectivity index (χ1n) is 6.08. The number of alkyl halides is 3. The van der Waals surface area contributed by atoms with Crippen LogP contribution in [0, 0.1) is 0 Å². The maximum absolute atomic E-state index is 12.4. The number of hydrogen-bond acceptors (Lipinski definition) is 2. The van der Waals surface area contributed by atoms with Gasteiger partial charge in [0.05, 0.1) is 0 Å². The van der Waals surface area contributed by atoms with Crippen molar-refractivity contribution in [3.8, 4) is 16.9 Å². The average molecular weight is 281 g/mol. The van der Waals surface area contributed by atoms with Gasteiger partial charge in [-0.3, -0.25) is 0 Å². The lowest BCUT2D eigenvalue weighted by molar-refractivity contribution is -0.274. The van der Waals surface area contributed by atoms with Gasteiger partial charge in [-0.2, -0.15) is 0 Å². The minimum Gasteiger partial charge on any atom is -0.405 e. The van der Waals surface area contributed by atoms with E-state index < -0.39 is 6.36 Å². The Morgan fingerprint density at radius 1 is 1.00 bits per heavy atom. The number of ether oxygens (including phenoxy) is 1. The summed E-state index contributed by atoms with van der Waals surface area (Å²) in [7, 11) is 1.83. The van der Waals surface area contributed by atoms with Crippen LogP contribution in [0.1, 0.15) is 5.56 Å². The fourth-order valence-electron chi connectivity index (χ4n) is 1.93. The van der Waals surface area contributed by atoms with Crippen LogP contribution in [0.3, 0.4) is 0 Å². The Hall–Kier alpha value is -2.01. The highest BCUT2D eigenvalue weighted by molar-refractivity contribution is 5.70. The van der Waals surface area contributed by atoms with E-state index in [9.17, 15) is 13.2 Å². The van der Waals surface area contributed by atoms with Gasteiger partial charge in [-0.25, -0.2) is 0 Å². The summed E-state index contributed by atoms with van der Waals surface area (Å²) in [5.74, 6) is -0.193. The van der Waals surface area contributed by atoms with Crippen molar-refractivity contribution in [2.75, 3.05) is 7.05 Å². The molecule has 2 rings (SSSR count). The van der Waals surface area contributed by atoms with Crippen LogP contribution in [-0.4, -0.2) is 13.4 Å². The van der Waals surface area contributed by atoms with Crippen molar-refractivity contribution in [2.45, 2.75) is 12.9 Å². The summed E-state index contributed by atoms with van der Waals surface area (Å²) in [5.41, 5.74) is 2.16. The summed E-state index contributed by atoms with van der Waals surface area (Å²) >= 11 is 0. The van der Waals surface area contributed by atoms with Crippen molar-refractivity contribution in [3.63, 3.8) is 0 Å². The van der Waals surface area contributed by atoms with Crippen LogP contribution in [0.25, 0.3) is 11.1 Å². The predicted molar refractivity (Wildman–Crippen MR) is 71.3 cm³/mol. The maximum Gasteiger partial charge on any atom is 0.573 e. The van der Waals surface area contributed by atoms with Crippen molar-refractivity contribution in [1.29, 1.82) is 0 Å². The van der Waals surface area contributed by atoms with Crippen molar-refractivity contribution < 1.29 is 17.9 Å². The van der Waals surface area contributed by atoms with E-state index in [2.05, 4.69) is 10.1 Å². The van der Waals surface area contributed by atoms with Gasteiger partial charge < -0.3 is 10.1 Å². The highest BCUT2D eigenvalue weighted by atomic mass is 19.4. The largest absolute Gasteiger partial charge is 0.573 e. The molecule has 0 aromatic heterocycles. The maximum atomic E-state index is 12.4. The molecule has 0 aliphatic heterocycles. The van der Waals surface area contributed by atoms with Gasteiger partial charge in [0.2, 0.25) is 0 Å². The molecular weight excluding hydrogens is 267 g/mol. The normalized spacial score (nSPS) is 11.4. The molecule has 20 heavy (non-hydrogen) atoms. The summed E-state index contributed by atoms with van der Waals surface area (Å²) in [4.78, 5) is 0. The van der Waals surface area contributed by atoms with Gasteiger partial charge in [0.15, 0.2) is 0 Å². The smallest absolute Gasteiger partial charge is 0.405 e. The SMILES string of the molecule is CNCc1ccc(-c2ccccc2OC(F)(F)F)cc1. The lowest BCUT2D eigenvalue weighted by Crippen LogP contribution is -2.17. The van der Waals surface area contributed by atoms with Gasteiger partial charge in [-0.1, -0.05) is 42.5 Å². The quantitative estimate of drug-likeness (QED) is 0.915. The summed E-state index contributed by atoms with van der Waals surface area (Å²) in [6.07, 6.45) is -4.69. The molecule has 0 saturated carbocycles. The highest BCUT2D eigenvalue weighted by Gasteiger charge is 2.32. The molecule has 2 nitrogen and oxygen atoms in total. The molecule has 0 spiro atoms. The first kappa shape index (κ1) is 14.4. The van der Waals surface area contributed by atoms with Crippen LogP contribution in [0.2, 0.25) is 0 Å². The molecule has 106 valence electrons. The van der Waals surface area contributed by atoms with Crippen LogP contribution in [0.15, 0.2) is 48.5 Å². The van der Waals surface area contributed by atoms with Crippen LogP contribution < -0.4 is 10.1 Å². The summed E-state index contributed by atoms with van der Waals surface area (Å²) in [5, 5.41) is 3.01. The highest BCUT2D eigenvalue weighted by Crippen LogP contribution is 2.33. The Morgan fingerprint density at radius 3 is 2.25 bits per heavy atom. The molecule has 5 heteroatoms. The second-order valence-corrected chi connectivity index (χ2v) is 4.27. The molecule has 0 bridgehead atoms.